The van der Waals surface area contributed by atoms with Crippen molar-refractivity contribution in [1.82, 2.24) is 0 Å². The first-order valence-electron chi connectivity index (χ1n) is 15.5. The monoisotopic (exact) mass is 573 g/mol. The molecule has 7 aromatic carbocycles. The third kappa shape index (κ3) is 3.18. The number of nitrogens with zero attached hydrogens (tertiary/aromatic N) is 1. The van der Waals surface area contributed by atoms with E-state index >= 15 is 0 Å². The fourth-order valence-corrected chi connectivity index (χ4v) is 8.08. The van der Waals surface area contributed by atoms with Gasteiger partial charge >= 0.3 is 0 Å². The second kappa shape index (κ2) is 9.07. The van der Waals surface area contributed by atoms with Crippen LogP contribution in [-0.4, -0.2) is 0 Å². The summed E-state index contributed by atoms with van der Waals surface area (Å²) in [6, 6.07) is 59.3. The molecule has 8 aromatic rings. The van der Waals surface area contributed by atoms with E-state index in [0.29, 0.717) is 0 Å². The maximum absolute atomic E-state index is 6.92. The summed E-state index contributed by atoms with van der Waals surface area (Å²) in [5, 5.41) is 2.28. The van der Waals surface area contributed by atoms with Crippen LogP contribution in [0.2, 0.25) is 0 Å². The van der Waals surface area contributed by atoms with E-state index in [1.54, 1.807) is 0 Å². The molecule has 2 heteroatoms. The summed E-state index contributed by atoms with van der Waals surface area (Å²) in [5.74, 6) is 0. The zero-order valence-electron chi connectivity index (χ0n) is 24.4. The van der Waals surface area contributed by atoms with Gasteiger partial charge in [-0.3, -0.25) is 0 Å². The standard InChI is InChI=1S/C43H27NO/c1-2-12-28(13-3-1)29-22-24-30(25-23-29)44-38-20-10-9-19-37(38)43(35-17-7-4-14-31(35)32-15-5-8-18-36(32)43)41-39(44)27-26-34-33-16-6-11-21-40(33)45-42(34)41/h1-27H. The van der Waals surface area contributed by atoms with Crippen LogP contribution in [0, 0.1) is 0 Å². The van der Waals surface area contributed by atoms with Crippen molar-refractivity contribution in [2.45, 2.75) is 5.41 Å². The third-order valence-corrected chi connectivity index (χ3v) is 9.87. The maximum Gasteiger partial charge on any atom is 0.142 e. The molecular formula is C43H27NO. The normalized spacial score (nSPS) is 13.9. The van der Waals surface area contributed by atoms with Crippen LogP contribution in [0.25, 0.3) is 44.2 Å². The Morgan fingerprint density at radius 1 is 0.422 bits per heavy atom. The van der Waals surface area contributed by atoms with E-state index in [1.165, 1.54) is 50.2 Å². The Balaban J connectivity index is 1.34. The molecule has 2 nitrogen and oxygen atoms in total. The lowest BCUT2D eigenvalue weighted by atomic mass is 9.64. The molecule has 1 aliphatic carbocycles. The fraction of sp³-hybridized carbons (Fsp3) is 0.0233. The first-order valence-corrected chi connectivity index (χ1v) is 15.5. The summed E-state index contributed by atoms with van der Waals surface area (Å²) in [6.07, 6.45) is 0. The Labute approximate surface area is 261 Å². The van der Waals surface area contributed by atoms with Crippen molar-refractivity contribution < 1.29 is 4.42 Å². The van der Waals surface area contributed by atoms with Gasteiger partial charge in [0.25, 0.3) is 0 Å². The minimum absolute atomic E-state index is 0.549. The van der Waals surface area contributed by atoms with Gasteiger partial charge < -0.3 is 9.32 Å². The molecule has 0 bridgehead atoms. The first kappa shape index (κ1) is 24.6. The number of anilines is 3. The number of para-hydroxylation sites is 2. The van der Waals surface area contributed by atoms with Crippen LogP contribution in [0.1, 0.15) is 22.3 Å². The van der Waals surface area contributed by atoms with Gasteiger partial charge in [0.1, 0.15) is 11.2 Å². The summed E-state index contributed by atoms with van der Waals surface area (Å²) in [4.78, 5) is 2.43. The molecule has 1 aromatic heterocycles. The number of furan rings is 1. The van der Waals surface area contributed by atoms with Crippen LogP contribution >= 0.6 is 0 Å². The lowest BCUT2D eigenvalue weighted by Gasteiger charge is -2.44. The SMILES string of the molecule is c1ccc(-c2ccc(N3c4ccccc4C4(c5ccccc5-c5ccccc54)c4c3ccc3c4oc4ccccc43)cc2)cc1. The molecule has 1 aliphatic heterocycles. The van der Waals surface area contributed by atoms with E-state index in [1.807, 2.05) is 0 Å². The predicted octanol–water partition coefficient (Wildman–Crippen LogP) is 11.4. The van der Waals surface area contributed by atoms with Gasteiger partial charge in [-0.1, -0.05) is 127 Å². The zero-order valence-corrected chi connectivity index (χ0v) is 24.4. The third-order valence-electron chi connectivity index (χ3n) is 9.87. The Morgan fingerprint density at radius 3 is 1.78 bits per heavy atom. The highest BCUT2D eigenvalue weighted by atomic mass is 16.3. The van der Waals surface area contributed by atoms with Crippen molar-refractivity contribution in [3.05, 3.63) is 186 Å². The van der Waals surface area contributed by atoms with Gasteiger partial charge in [0, 0.05) is 22.0 Å². The van der Waals surface area contributed by atoms with E-state index in [2.05, 4.69) is 169 Å². The molecule has 210 valence electrons. The fourth-order valence-electron chi connectivity index (χ4n) is 8.08. The van der Waals surface area contributed by atoms with Crippen LogP contribution in [0.5, 0.6) is 0 Å². The molecule has 0 N–H and O–H groups in total. The van der Waals surface area contributed by atoms with Gasteiger partial charge in [-0.2, -0.15) is 0 Å². The van der Waals surface area contributed by atoms with Crippen LogP contribution in [0.4, 0.5) is 17.1 Å². The molecule has 0 atom stereocenters. The predicted molar refractivity (Wildman–Crippen MR) is 185 cm³/mol. The van der Waals surface area contributed by atoms with E-state index in [0.717, 1.165) is 33.3 Å². The Morgan fingerprint density at radius 2 is 1.02 bits per heavy atom. The molecule has 0 saturated heterocycles. The van der Waals surface area contributed by atoms with Crippen molar-refractivity contribution in [2.24, 2.45) is 0 Å². The number of fused-ring (bicyclic) bond motifs is 13. The van der Waals surface area contributed by atoms with Crippen LogP contribution in [0.15, 0.2) is 168 Å². The summed E-state index contributed by atoms with van der Waals surface area (Å²) in [7, 11) is 0. The highest BCUT2D eigenvalue weighted by Crippen LogP contribution is 2.64. The minimum Gasteiger partial charge on any atom is -0.456 e. The highest BCUT2D eigenvalue weighted by Gasteiger charge is 2.53. The van der Waals surface area contributed by atoms with E-state index in [4.69, 9.17) is 4.42 Å². The molecule has 2 heterocycles. The van der Waals surface area contributed by atoms with E-state index in [9.17, 15) is 0 Å². The number of rotatable bonds is 2. The van der Waals surface area contributed by atoms with Gasteiger partial charge in [-0.05, 0) is 75.3 Å². The number of hydrogen-bond acceptors (Lipinski definition) is 2. The van der Waals surface area contributed by atoms with Gasteiger partial charge in [0.2, 0.25) is 0 Å². The molecule has 0 saturated carbocycles. The lowest BCUT2D eigenvalue weighted by molar-refractivity contribution is 0.646. The van der Waals surface area contributed by atoms with Crippen LogP contribution in [-0.2, 0) is 5.41 Å². The summed E-state index contributed by atoms with van der Waals surface area (Å²) >= 11 is 0. The summed E-state index contributed by atoms with van der Waals surface area (Å²) in [5.41, 5.74) is 14.8. The summed E-state index contributed by atoms with van der Waals surface area (Å²) in [6.45, 7) is 0. The Kier molecular flexibility index (Phi) is 4.95. The van der Waals surface area contributed by atoms with Crippen LogP contribution in [0.3, 0.4) is 0 Å². The average Bonchev–Trinajstić information content (AvgIpc) is 3.63. The molecule has 45 heavy (non-hydrogen) atoms. The maximum atomic E-state index is 6.92. The second-order valence-corrected chi connectivity index (χ2v) is 12.0. The van der Waals surface area contributed by atoms with Crippen molar-refractivity contribution in [2.75, 3.05) is 4.90 Å². The first-order chi connectivity index (χ1) is 22.3. The zero-order chi connectivity index (χ0) is 29.5. The van der Waals surface area contributed by atoms with Crippen molar-refractivity contribution in [1.29, 1.82) is 0 Å². The molecule has 2 aliphatic rings. The molecule has 0 amide bonds. The highest BCUT2D eigenvalue weighted by molar-refractivity contribution is 6.11. The van der Waals surface area contributed by atoms with Gasteiger partial charge in [0.15, 0.2) is 0 Å². The van der Waals surface area contributed by atoms with Gasteiger partial charge in [0.05, 0.1) is 16.8 Å². The smallest absolute Gasteiger partial charge is 0.142 e. The van der Waals surface area contributed by atoms with Gasteiger partial charge in [-0.15, -0.1) is 0 Å². The molecular weight excluding hydrogens is 546 g/mol. The van der Waals surface area contributed by atoms with Crippen molar-refractivity contribution in [3.8, 4) is 22.3 Å². The quantitative estimate of drug-likeness (QED) is 0.204. The van der Waals surface area contributed by atoms with Crippen molar-refractivity contribution in [3.63, 3.8) is 0 Å². The van der Waals surface area contributed by atoms with Crippen LogP contribution < -0.4 is 4.90 Å². The molecule has 0 fully saturated rings. The molecule has 0 unspecified atom stereocenters. The molecule has 10 rings (SSSR count). The van der Waals surface area contributed by atoms with E-state index in [-0.39, 0.29) is 0 Å². The Hall–Kier alpha value is -5.86. The van der Waals surface area contributed by atoms with Crippen molar-refractivity contribution >= 4 is 39.0 Å². The Bertz CT molecular complexity index is 2390. The number of benzene rings is 7. The number of hydrogen-bond donors (Lipinski definition) is 0. The van der Waals surface area contributed by atoms with Gasteiger partial charge in [-0.25, -0.2) is 0 Å². The minimum atomic E-state index is -0.549. The largest absolute Gasteiger partial charge is 0.456 e. The lowest BCUT2D eigenvalue weighted by Crippen LogP contribution is -2.36. The van der Waals surface area contributed by atoms with E-state index < -0.39 is 5.41 Å². The topological polar surface area (TPSA) is 16.4 Å². The molecule has 0 radical (unpaired) electrons. The summed E-state index contributed by atoms with van der Waals surface area (Å²) < 4.78 is 6.92. The average molecular weight is 574 g/mol. The second-order valence-electron chi connectivity index (χ2n) is 12.0. The molecule has 1 spiro atoms.